The number of nitrogens with zero attached hydrogens (tertiary/aromatic N) is 1. The number of anilines is 1. The first kappa shape index (κ1) is 19.2. The number of carbonyl (C=O) groups is 2. The summed E-state index contributed by atoms with van der Waals surface area (Å²) in [6, 6.07) is 10.7. The standard InChI is InChI=1S/C18H17Cl2FN2O2/c1-12(24)23(7-6-13-2-4-16(21)5-3-13)11-18(25)22-17-9-14(19)8-15(20)10-17/h2-5,8-10H,6-7,11H2,1H3,(H,22,25). The first-order valence-corrected chi connectivity index (χ1v) is 8.35. The van der Waals surface area contributed by atoms with Gasteiger partial charge in [0.2, 0.25) is 11.8 Å². The Labute approximate surface area is 155 Å². The van der Waals surface area contributed by atoms with Crippen molar-refractivity contribution in [3.63, 3.8) is 0 Å². The van der Waals surface area contributed by atoms with E-state index in [-0.39, 0.29) is 24.2 Å². The van der Waals surface area contributed by atoms with E-state index in [1.165, 1.54) is 24.0 Å². The fourth-order valence-corrected chi connectivity index (χ4v) is 2.79. The lowest BCUT2D eigenvalue weighted by Gasteiger charge is -2.20. The molecule has 2 amide bonds. The predicted octanol–water partition coefficient (Wildman–Crippen LogP) is 4.16. The van der Waals surface area contributed by atoms with E-state index in [0.717, 1.165) is 5.56 Å². The van der Waals surface area contributed by atoms with Gasteiger partial charge in [-0.05, 0) is 42.3 Å². The normalized spacial score (nSPS) is 10.4. The lowest BCUT2D eigenvalue weighted by molar-refractivity contribution is -0.132. The van der Waals surface area contributed by atoms with Gasteiger partial charge in [-0.1, -0.05) is 35.3 Å². The maximum atomic E-state index is 12.9. The molecular formula is C18H17Cl2FN2O2. The smallest absolute Gasteiger partial charge is 0.243 e. The van der Waals surface area contributed by atoms with Gasteiger partial charge in [0.25, 0.3) is 0 Å². The number of benzene rings is 2. The summed E-state index contributed by atoms with van der Waals surface area (Å²) in [5.74, 6) is -0.888. The molecular weight excluding hydrogens is 366 g/mol. The van der Waals surface area contributed by atoms with Crippen LogP contribution in [-0.4, -0.2) is 29.8 Å². The molecule has 0 saturated carbocycles. The molecule has 25 heavy (non-hydrogen) atoms. The SMILES string of the molecule is CC(=O)N(CCc1ccc(F)cc1)CC(=O)Nc1cc(Cl)cc(Cl)c1. The van der Waals surface area contributed by atoms with Crippen molar-refractivity contribution in [3.05, 3.63) is 63.9 Å². The third-order valence-corrected chi connectivity index (χ3v) is 3.95. The predicted molar refractivity (Wildman–Crippen MR) is 97.4 cm³/mol. The van der Waals surface area contributed by atoms with E-state index < -0.39 is 0 Å². The average Bonchev–Trinajstić information content (AvgIpc) is 2.51. The van der Waals surface area contributed by atoms with Crippen molar-refractivity contribution >= 4 is 40.7 Å². The highest BCUT2D eigenvalue weighted by atomic mass is 35.5. The molecule has 0 unspecified atom stereocenters. The highest BCUT2D eigenvalue weighted by molar-refractivity contribution is 6.35. The van der Waals surface area contributed by atoms with Crippen molar-refractivity contribution in [2.75, 3.05) is 18.4 Å². The third kappa shape index (κ3) is 6.36. The molecule has 2 aromatic rings. The Morgan fingerprint density at radius 3 is 2.24 bits per heavy atom. The number of amides is 2. The summed E-state index contributed by atoms with van der Waals surface area (Å²) in [6.07, 6.45) is 0.524. The zero-order valence-electron chi connectivity index (χ0n) is 13.6. The van der Waals surface area contributed by atoms with Crippen molar-refractivity contribution in [1.29, 1.82) is 0 Å². The van der Waals surface area contributed by atoms with E-state index in [1.54, 1.807) is 30.3 Å². The van der Waals surface area contributed by atoms with Gasteiger partial charge in [0, 0.05) is 29.2 Å². The summed E-state index contributed by atoms with van der Waals surface area (Å²) in [6.45, 7) is 1.65. The molecule has 0 aliphatic rings. The van der Waals surface area contributed by atoms with Gasteiger partial charge < -0.3 is 10.2 Å². The van der Waals surface area contributed by atoms with Gasteiger partial charge in [0.05, 0.1) is 6.54 Å². The molecule has 1 N–H and O–H groups in total. The van der Waals surface area contributed by atoms with E-state index in [0.29, 0.717) is 28.7 Å². The van der Waals surface area contributed by atoms with Crippen LogP contribution in [0.25, 0.3) is 0 Å². The topological polar surface area (TPSA) is 49.4 Å². The summed E-state index contributed by atoms with van der Waals surface area (Å²) in [4.78, 5) is 25.3. The second-order valence-corrected chi connectivity index (χ2v) is 6.40. The Bertz CT molecular complexity index is 746. The molecule has 0 spiro atoms. The molecule has 4 nitrogen and oxygen atoms in total. The quantitative estimate of drug-likeness (QED) is 0.814. The summed E-state index contributed by atoms with van der Waals surface area (Å²) in [7, 11) is 0. The molecule has 0 atom stereocenters. The highest BCUT2D eigenvalue weighted by Crippen LogP contribution is 2.22. The van der Waals surface area contributed by atoms with Crippen LogP contribution in [0, 0.1) is 5.82 Å². The minimum Gasteiger partial charge on any atom is -0.333 e. The van der Waals surface area contributed by atoms with Gasteiger partial charge in [-0.2, -0.15) is 0 Å². The molecule has 2 aromatic carbocycles. The molecule has 0 fully saturated rings. The van der Waals surface area contributed by atoms with Crippen molar-refractivity contribution in [1.82, 2.24) is 4.90 Å². The van der Waals surface area contributed by atoms with Crippen molar-refractivity contribution in [2.45, 2.75) is 13.3 Å². The molecule has 0 aromatic heterocycles. The van der Waals surface area contributed by atoms with Crippen LogP contribution in [0.2, 0.25) is 10.0 Å². The van der Waals surface area contributed by atoms with Crippen LogP contribution in [-0.2, 0) is 16.0 Å². The summed E-state index contributed by atoms with van der Waals surface area (Å²) in [5, 5.41) is 3.47. The van der Waals surface area contributed by atoms with Gasteiger partial charge in [0.1, 0.15) is 5.82 Å². The lowest BCUT2D eigenvalue weighted by atomic mass is 10.1. The van der Waals surface area contributed by atoms with Crippen LogP contribution in [0.1, 0.15) is 12.5 Å². The zero-order chi connectivity index (χ0) is 18.4. The Kier molecular flexibility index (Phi) is 6.79. The molecule has 0 aliphatic heterocycles. The van der Waals surface area contributed by atoms with Crippen molar-refractivity contribution < 1.29 is 14.0 Å². The largest absolute Gasteiger partial charge is 0.333 e. The fourth-order valence-electron chi connectivity index (χ4n) is 2.26. The van der Waals surface area contributed by atoms with Crippen LogP contribution < -0.4 is 5.32 Å². The van der Waals surface area contributed by atoms with E-state index in [2.05, 4.69) is 5.32 Å². The number of rotatable bonds is 6. The van der Waals surface area contributed by atoms with Gasteiger partial charge in [-0.25, -0.2) is 4.39 Å². The van der Waals surface area contributed by atoms with Crippen molar-refractivity contribution in [3.8, 4) is 0 Å². The molecule has 0 radical (unpaired) electrons. The summed E-state index contributed by atoms with van der Waals surface area (Å²) < 4.78 is 12.9. The minimum atomic E-state index is -0.354. The molecule has 0 aliphatic carbocycles. The molecule has 132 valence electrons. The number of halogens is 3. The Morgan fingerprint density at radius 1 is 1.08 bits per heavy atom. The van der Waals surface area contributed by atoms with E-state index in [4.69, 9.17) is 23.2 Å². The molecule has 0 heterocycles. The van der Waals surface area contributed by atoms with Crippen LogP contribution in [0.5, 0.6) is 0 Å². The first-order chi connectivity index (χ1) is 11.8. The van der Waals surface area contributed by atoms with E-state index in [9.17, 15) is 14.0 Å². The number of nitrogens with one attached hydrogen (secondary N) is 1. The highest BCUT2D eigenvalue weighted by Gasteiger charge is 2.14. The first-order valence-electron chi connectivity index (χ1n) is 7.59. The van der Waals surface area contributed by atoms with Gasteiger partial charge in [-0.3, -0.25) is 9.59 Å². The number of hydrogen-bond acceptors (Lipinski definition) is 2. The second-order valence-electron chi connectivity index (χ2n) is 5.52. The second kappa shape index (κ2) is 8.83. The summed E-state index contributed by atoms with van der Waals surface area (Å²) in [5.41, 5.74) is 1.35. The molecule has 7 heteroatoms. The lowest BCUT2D eigenvalue weighted by Crippen LogP contribution is -2.38. The van der Waals surface area contributed by atoms with E-state index >= 15 is 0 Å². The van der Waals surface area contributed by atoms with Crippen molar-refractivity contribution in [2.24, 2.45) is 0 Å². The third-order valence-electron chi connectivity index (χ3n) is 3.51. The van der Waals surface area contributed by atoms with Gasteiger partial charge >= 0.3 is 0 Å². The molecule has 2 rings (SSSR count). The fraction of sp³-hybridized carbons (Fsp3) is 0.222. The number of hydrogen-bond donors (Lipinski definition) is 1. The minimum absolute atomic E-state index is 0.0966. The van der Waals surface area contributed by atoms with Crippen LogP contribution in [0.3, 0.4) is 0 Å². The Hall–Kier alpha value is -2.11. The van der Waals surface area contributed by atoms with Crippen LogP contribution in [0.15, 0.2) is 42.5 Å². The monoisotopic (exact) mass is 382 g/mol. The zero-order valence-corrected chi connectivity index (χ0v) is 15.1. The van der Waals surface area contributed by atoms with Crippen LogP contribution in [0.4, 0.5) is 10.1 Å². The van der Waals surface area contributed by atoms with Gasteiger partial charge in [-0.15, -0.1) is 0 Å². The molecule has 0 bridgehead atoms. The summed E-state index contributed by atoms with van der Waals surface area (Å²) >= 11 is 11.8. The van der Waals surface area contributed by atoms with Gasteiger partial charge in [0.15, 0.2) is 0 Å². The van der Waals surface area contributed by atoms with E-state index in [1.807, 2.05) is 0 Å². The average molecular weight is 383 g/mol. The maximum Gasteiger partial charge on any atom is 0.243 e. The Morgan fingerprint density at radius 2 is 1.68 bits per heavy atom. The van der Waals surface area contributed by atoms with Crippen LogP contribution >= 0.6 is 23.2 Å². The number of carbonyl (C=O) groups excluding carboxylic acids is 2. The molecule has 0 saturated heterocycles. The Balaban J connectivity index is 1.94. The maximum absolute atomic E-state index is 12.9.